The maximum absolute atomic E-state index is 11.2. The van der Waals surface area contributed by atoms with Crippen molar-refractivity contribution in [3.63, 3.8) is 0 Å². The molecule has 0 spiro atoms. The minimum Gasteiger partial charge on any atom is -0.506 e. The molecule has 1 rings (SSSR count). The molecule has 0 aliphatic heterocycles. The summed E-state index contributed by atoms with van der Waals surface area (Å²) in [4.78, 5) is 11.2. The number of amidine groups is 1. The van der Waals surface area contributed by atoms with E-state index < -0.39 is 5.84 Å². The number of Topliss-reactive ketones (excluding diaryl/α,β-unsaturated/α-hetero) is 1. The topological polar surface area (TPSA) is 135 Å². The Morgan fingerprint density at radius 2 is 2.28 bits per heavy atom. The number of hydrogen-bond donors (Lipinski definition) is 4. The van der Waals surface area contributed by atoms with Gasteiger partial charge in [0, 0.05) is 5.56 Å². The highest BCUT2D eigenvalue weighted by atomic mass is 16.3. The van der Waals surface area contributed by atoms with Crippen molar-refractivity contribution in [2.45, 2.75) is 6.92 Å². The first-order valence-corrected chi connectivity index (χ1v) is 4.88. The highest BCUT2D eigenvalue weighted by molar-refractivity contribution is 6.45. The number of aromatic hydroxyl groups is 1. The largest absolute Gasteiger partial charge is 0.506 e. The van der Waals surface area contributed by atoms with E-state index in [1.165, 1.54) is 25.1 Å². The Balaban J connectivity index is 3.05. The van der Waals surface area contributed by atoms with Gasteiger partial charge < -0.3 is 10.8 Å². The Bertz CT molecular complexity index is 571. The van der Waals surface area contributed by atoms with Gasteiger partial charge in [-0.1, -0.05) is 0 Å². The van der Waals surface area contributed by atoms with E-state index >= 15 is 0 Å². The molecule has 0 atom stereocenters. The van der Waals surface area contributed by atoms with Gasteiger partial charge in [-0.25, -0.2) is 0 Å². The lowest BCUT2D eigenvalue weighted by Crippen LogP contribution is -2.21. The van der Waals surface area contributed by atoms with Crippen LogP contribution in [0.25, 0.3) is 0 Å². The van der Waals surface area contributed by atoms with E-state index in [1.807, 2.05) is 0 Å². The number of nitrogens with one attached hydrogen (secondary N) is 2. The molecule has 5 N–H and O–H groups in total. The molecule has 0 fully saturated rings. The average Bonchev–Trinajstić information content (AvgIpc) is 2.31. The third kappa shape index (κ3) is 3.05. The van der Waals surface area contributed by atoms with Crippen LogP contribution in [0.3, 0.4) is 0 Å². The van der Waals surface area contributed by atoms with Crippen LogP contribution < -0.4 is 11.2 Å². The van der Waals surface area contributed by atoms with Crippen molar-refractivity contribution in [3.05, 3.63) is 23.8 Å². The zero-order chi connectivity index (χ0) is 13.7. The molecule has 7 heteroatoms. The number of hydrazone groups is 1. The Hall–Kier alpha value is -2.88. The van der Waals surface area contributed by atoms with Crippen LogP contribution in [-0.2, 0) is 0 Å². The fraction of sp³-hybridized carbons (Fsp3) is 0.0909. The van der Waals surface area contributed by atoms with Gasteiger partial charge in [-0.2, -0.15) is 10.4 Å². The second-order valence-electron chi connectivity index (χ2n) is 3.39. The molecule has 0 heterocycles. The summed E-state index contributed by atoms with van der Waals surface area (Å²) >= 11 is 0. The van der Waals surface area contributed by atoms with Crippen LogP contribution in [0, 0.1) is 16.7 Å². The molecule has 0 aliphatic carbocycles. The van der Waals surface area contributed by atoms with E-state index in [9.17, 15) is 9.90 Å². The smallest absolute Gasteiger partial charge is 0.201 e. The molecule has 0 radical (unpaired) electrons. The van der Waals surface area contributed by atoms with Crippen LogP contribution in [-0.4, -0.2) is 22.4 Å². The van der Waals surface area contributed by atoms with Crippen molar-refractivity contribution in [2.24, 2.45) is 10.8 Å². The second-order valence-corrected chi connectivity index (χ2v) is 3.39. The first kappa shape index (κ1) is 13.2. The SMILES string of the molecule is CC(=O)c1ccc(O)c(N/N=C(\C#N)C(=N)N)c1. The van der Waals surface area contributed by atoms with Crippen molar-refractivity contribution < 1.29 is 9.90 Å². The highest BCUT2D eigenvalue weighted by Crippen LogP contribution is 2.24. The lowest BCUT2D eigenvalue weighted by molar-refractivity contribution is 0.101. The Kier molecular flexibility index (Phi) is 3.99. The van der Waals surface area contributed by atoms with Crippen LogP contribution in [0.2, 0.25) is 0 Å². The molecule has 0 saturated carbocycles. The van der Waals surface area contributed by atoms with E-state index in [0.717, 1.165) is 0 Å². The molecule has 1 aromatic carbocycles. The Morgan fingerprint density at radius 1 is 1.61 bits per heavy atom. The van der Waals surface area contributed by atoms with Gasteiger partial charge >= 0.3 is 0 Å². The van der Waals surface area contributed by atoms with Gasteiger partial charge in [0.25, 0.3) is 0 Å². The summed E-state index contributed by atoms with van der Waals surface area (Å²) in [7, 11) is 0. The lowest BCUT2D eigenvalue weighted by Gasteiger charge is -2.05. The monoisotopic (exact) mass is 245 g/mol. The summed E-state index contributed by atoms with van der Waals surface area (Å²) in [5, 5.41) is 28.8. The summed E-state index contributed by atoms with van der Waals surface area (Å²) in [6, 6.07) is 5.79. The molecule has 18 heavy (non-hydrogen) atoms. The number of anilines is 1. The molecule has 7 nitrogen and oxygen atoms in total. The summed E-state index contributed by atoms with van der Waals surface area (Å²) in [5.41, 5.74) is 7.70. The maximum Gasteiger partial charge on any atom is 0.201 e. The number of ketones is 1. The second kappa shape index (κ2) is 5.45. The summed E-state index contributed by atoms with van der Waals surface area (Å²) in [6.07, 6.45) is 0. The van der Waals surface area contributed by atoms with Gasteiger partial charge in [-0.05, 0) is 25.1 Å². The average molecular weight is 245 g/mol. The van der Waals surface area contributed by atoms with Gasteiger partial charge in [-0.15, -0.1) is 0 Å². The number of nitrogens with zero attached hydrogens (tertiary/aromatic N) is 2. The molecule has 92 valence electrons. The Labute approximate surface area is 103 Å². The number of carbonyl (C=O) groups excluding carboxylic acids is 1. The van der Waals surface area contributed by atoms with Gasteiger partial charge in [0.2, 0.25) is 5.71 Å². The fourth-order valence-electron chi connectivity index (χ4n) is 1.11. The number of phenols is 1. The third-order valence-corrected chi connectivity index (χ3v) is 2.05. The van der Waals surface area contributed by atoms with Crippen LogP contribution in [0.15, 0.2) is 23.3 Å². The minimum atomic E-state index is -0.493. The summed E-state index contributed by atoms with van der Waals surface area (Å²) in [6.45, 7) is 1.38. The zero-order valence-electron chi connectivity index (χ0n) is 9.56. The number of benzene rings is 1. The van der Waals surface area contributed by atoms with Gasteiger partial charge in [-0.3, -0.25) is 15.6 Å². The number of nitrogens with two attached hydrogens (primary N) is 1. The van der Waals surface area contributed by atoms with Crippen molar-refractivity contribution in [3.8, 4) is 11.8 Å². The fourth-order valence-corrected chi connectivity index (χ4v) is 1.11. The predicted octanol–water partition coefficient (Wildman–Crippen LogP) is 0.822. The Morgan fingerprint density at radius 3 is 2.78 bits per heavy atom. The van der Waals surface area contributed by atoms with Crippen LogP contribution in [0.1, 0.15) is 17.3 Å². The molecular weight excluding hydrogens is 234 g/mol. The third-order valence-electron chi connectivity index (χ3n) is 2.05. The standard InChI is InChI=1S/C11H11N5O2/c1-6(17)7-2-3-10(18)8(4-7)15-16-9(5-12)11(13)14/h2-4,15,18H,1H3,(H3,13,14)/b16-9+. The molecule has 1 aromatic rings. The normalized spacial score (nSPS) is 10.6. The summed E-state index contributed by atoms with van der Waals surface area (Å²) < 4.78 is 0. The van der Waals surface area contributed by atoms with E-state index in [4.69, 9.17) is 16.4 Å². The molecule has 0 bridgehead atoms. The molecule has 0 aromatic heterocycles. The molecule has 0 saturated heterocycles. The quantitative estimate of drug-likeness (QED) is 0.205. The van der Waals surface area contributed by atoms with Crippen molar-refractivity contribution in [2.75, 3.05) is 5.43 Å². The van der Waals surface area contributed by atoms with Crippen LogP contribution in [0.5, 0.6) is 5.75 Å². The first-order valence-electron chi connectivity index (χ1n) is 4.88. The minimum absolute atomic E-state index is 0.135. The van der Waals surface area contributed by atoms with Crippen molar-refractivity contribution in [1.29, 1.82) is 10.7 Å². The number of phenolic OH excluding ortho intramolecular Hbond substituents is 1. The van der Waals surface area contributed by atoms with Crippen LogP contribution >= 0.6 is 0 Å². The molecular formula is C11H11N5O2. The van der Waals surface area contributed by atoms with Crippen LogP contribution in [0.4, 0.5) is 5.69 Å². The van der Waals surface area contributed by atoms with E-state index in [2.05, 4.69) is 10.5 Å². The van der Waals surface area contributed by atoms with E-state index in [0.29, 0.717) is 5.56 Å². The molecule has 0 unspecified atom stereocenters. The summed E-state index contributed by atoms with van der Waals surface area (Å²) in [5.74, 6) is -0.800. The van der Waals surface area contributed by atoms with Gasteiger partial charge in [0.1, 0.15) is 11.8 Å². The lowest BCUT2D eigenvalue weighted by atomic mass is 10.1. The highest BCUT2D eigenvalue weighted by Gasteiger charge is 2.06. The molecule has 0 amide bonds. The first-order chi connectivity index (χ1) is 8.45. The maximum atomic E-state index is 11.2. The van der Waals surface area contributed by atoms with Gasteiger partial charge in [0.15, 0.2) is 11.6 Å². The van der Waals surface area contributed by atoms with E-state index in [1.54, 1.807) is 6.07 Å². The van der Waals surface area contributed by atoms with Crippen molar-refractivity contribution in [1.82, 2.24) is 0 Å². The van der Waals surface area contributed by atoms with Crippen molar-refractivity contribution >= 4 is 23.0 Å². The number of carbonyl (C=O) groups is 1. The predicted molar refractivity (Wildman–Crippen MR) is 66.7 cm³/mol. The number of hydrogen-bond acceptors (Lipinski definition) is 6. The zero-order valence-corrected chi connectivity index (χ0v) is 9.56. The van der Waals surface area contributed by atoms with E-state index in [-0.39, 0.29) is 22.9 Å². The number of nitriles is 1. The number of rotatable bonds is 4. The molecule has 0 aliphatic rings. The van der Waals surface area contributed by atoms with Gasteiger partial charge in [0.05, 0.1) is 5.69 Å².